The van der Waals surface area contributed by atoms with Gasteiger partial charge in [0.2, 0.25) is 0 Å². The summed E-state index contributed by atoms with van der Waals surface area (Å²) in [6, 6.07) is 85.7. The van der Waals surface area contributed by atoms with Gasteiger partial charge in [-0.1, -0.05) is 200 Å². The van der Waals surface area contributed by atoms with Crippen LogP contribution in [0.1, 0.15) is 0 Å². The third kappa shape index (κ3) is 5.66. The Morgan fingerprint density at radius 2 is 0.672 bits per heavy atom. The van der Waals surface area contributed by atoms with Crippen LogP contribution in [0.3, 0.4) is 0 Å². The van der Waals surface area contributed by atoms with Crippen LogP contribution in [0.5, 0.6) is 0 Å². The van der Waals surface area contributed by atoms with Crippen molar-refractivity contribution >= 4 is 65.3 Å². The van der Waals surface area contributed by atoms with Crippen molar-refractivity contribution < 1.29 is 4.42 Å². The summed E-state index contributed by atoms with van der Waals surface area (Å²) >= 11 is 0. The zero-order chi connectivity index (χ0) is 42.1. The summed E-state index contributed by atoms with van der Waals surface area (Å²) in [4.78, 5) is 0. The third-order valence-electron chi connectivity index (χ3n) is 13.2. The van der Waals surface area contributed by atoms with Gasteiger partial charge in [-0.05, 0) is 102 Å². The van der Waals surface area contributed by atoms with Crippen molar-refractivity contribution in [3.05, 3.63) is 237 Å². The summed E-state index contributed by atoms with van der Waals surface area (Å²) in [5.41, 5.74) is 17.1. The summed E-state index contributed by atoms with van der Waals surface area (Å²) in [6.07, 6.45) is 0. The highest BCUT2D eigenvalue weighted by atomic mass is 16.3. The number of fused-ring (bicyclic) bond motifs is 8. The van der Waals surface area contributed by atoms with E-state index in [1.165, 1.54) is 71.2 Å². The van der Waals surface area contributed by atoms with Crippen LogP contribution >= 0.6 is 0 Å². The average molecular weight is 814 g/mol. The van der Waals surface area contributed by atoms with Gasteiger partial charge in [0.05, 0.1) is 11.0 Å². The Morgan fingerprint density at radius 1 is 0.250 bits per heavy atom. The lowest BCUT2D eigenvalue weighted by Crippen LogP contribution is -1.94. The molecule has 0 N–H and O–H groups in total. The minimum absolute atomic E-state index is 0.902. The first-order valence-electron chi connectivity index (χ1n) is 22.0. The van der Waals surface area contributed by atoms with Crippen LogP contribution in [0.25, 0.3) is 127 Å². The Bertz CT molecular complexity index is 3870. The number of benzene rings is 11. The van der Waals surface area contributed by atoms with E-state index in [4.69, 9.17) is 4.42 Å². The Morgan fingerprint density at radius 3 is 1.28 bits per heavy atom. The number of aromatic nitrogens is 1. The molecule has 0 atom stereocenters. The lowest BCUT2D eigenvalue weighted by Gasteiger charge is -2.18. The van der Waals surface area contributed by atoms with E-state index in [1.54, 1.807) is 0 Å². The molecule has 0 spiro atoms. The van der Waals surface area contributed by atoms with Crippen LogP contribution in [-0.2, 0) is 0 Å². The molecule has 13 rings (SSSR count). The quantitative estimate of drug-likeness (QED) is 0.153. The second-order valence-corrected chi connectivity index (χ2v) is 16.8. The second-order valence-electron chi connectivity index (χ2n) is 16.8. The molecule has 0 bridgehead atoms. The van der Waals surface area contributed by atoms with Gasteiger partial charge in [0.25, 0.3) is 0 Å². The molecule has 0 aliphatic rings. The zero-order valence-electron chi connectivity index (χ0n) is 34.9. The molecule has 2 aromatic heterocycles. The van der Waals surface area contributed by atoms with Gasteiger partial charge in [-0.25, -0.2) is 0 Å². The number of furan rings is 1. The van der Waals surface area contributed by atoms with E-state index in [1.807, 2.05) is 0 Å². The smallest absolute Gasteiger partial charge is 0.143 e. The number of hydrogen-bond acceptors (Lipinski definition) is 1. The minimum atomic E-state index is 0.902. The van der Waals surface area contributed by atoms with E-state index in [2.05, 4.69) is 241 Å². The van der Waals surface area contributed by atoms with Crippen LogP contribution in [0, 0.1) is 0 Å². The van der Waals surface area contributed by atoms with Gasteiger partial charge in [-0.15, -0.1) is 0 Å². The fourth-order valence-electron chi connectivity index (χ4n) is 10.3. The van der Waals surface area contributed by atoms with Crippen molar-refractivity contribution in [1.29, 1.82) is 0 Å². The van der Waals surface area contributed by atoms with Gasteiger partial charge < -0.3 is 8.98 Å². The molecule has 64 heavy (non-hydrogen) atoms. The van der Waals surface area contributed by atoms with Crippen molar-refractivity contribution in [2.75, 3.05) is 0 Å². The fourth-order valence-corrected chi connectivity index (χ4v) is 10.3. The lowest BCUT2D eigenvalue weighted by atomic mass is 9.86. The molecule has 2 nitrogen and oxygen atoms in total. The van der Waals surface area contributed by atoms with Crippen LogP contribution in [0.2, 0.25) is 0 Å². The lowest BCUT2D eigenvalue weighted by molar-refractivity contribution is 0.671. The molecule has 298 valence electrons. The molecule has 0 aliphatic heterocycles. The van der Waals surface area contributed by atoms with Crippen LogP contribution in [-0.4, -0.2) is 4.57 Å². The number of nitrogens with zero attached hydrogens (tertiary/aromatic N) is 1. The van der Waals surface area contributed by atoms with E-state index in [0.717, 1.165) is 55.4 Å². The minimum Gasteiger partial charge on any atom is -0.455 e. The molecule has 13 aromatic rings. The van der Waals surface area contributed by atoms with Crippen molar-refractivity contribution in [2.45, 2.75) is 0 Å². The van der Waals surface area contributed by atoms with E-state index in [0.29, 0.717) is 0 Å². The highest BCUT2D eigenvalue weighted by Crippen LogP contribution is 2.45. The predicted octanol–water partition coefficient (Wildman–Crippen LogP) is 17.3. The summed E-state index contributed by atoms with van der Waals surface area (Å²) in [6.45, 7) is 0. The molecule has 2 heterocycles. The van der Waals surface area contributed by atoms with E-state index in [-0.39, 0.29) is 0 Å². The summed E-state index contributed by atoms with van der Waals surface area (Å²) in [5, 5.41) is 9.69. The fraction of sp³-hybridized carbons (Fsp3) is 0. The molecule has 0 saturated carbocycles. The topological polar surface area (TPSA) is 18.1 Å². The molecule has 2 heteroatoms. The molecule has 11 aromatic carbocycles. The maximum absolute atomic E-state index is 6.97. The zero-order valence-corrected chi connectivity index (χ0v) is 34.9. The maximum Gasteiger partial charge on any atom is 0.143 e. The Hall–Kier alpha value is -8.46. The number of hydrogen-bond donors (Lipinski definition) is 0. The van der Waals surface area contributed by atoms with E-state index in [9.17, 15) is 0 Å². The maximum atomic E-state index is 6.97. The monoisotopic (exact) mass is 813 g/mol. The molecule has 0 fully saturated rings. The number of para-hydroxylation sites is 3. The molecule has 0 saturated heterocycles. The van der Waals surface area contributed by atoms with Gasteiger partial charge in [-0.2, -0.15) is 0 Å². The van der Waals surface area contributed by atoms with Crippen molar-refractivity contribution in [1.82, 2.24) is 4.57 Å². The predicted molar refractivity (Wildman–Crippen MR) is 270 cm³/mol. The largest absolute Gasteiger partial charge is 0.455 e. The molecule has 0 aliphatic carbocycles. The molecular formula is C62H39NO. The molecule has 0 radical (unpaired) electrons. The number of rotatable bonds is 6. The van der Waals surface area contributed by atoms with Crippen LogP contribution in [0.4, 0.5) is 0 Å². The first kappa shape index (κ1) is 36.2. The van der Waals surface area contributed by atoms with Crippen LogP contribution < -0.4 is 0 Å². The second kappa shape index (κ2) is 14.6. The van der Waals surface area contributed by atoms with Gasteiger partial charge in [0.1, 0.15) is 11.2 Å². The Labute approximate surface area is 370 Å². The van der Waals surface area contributed by atoms with Crippen molar-refractivity contribution in [3.8, 4) is 61.3 Å². The normalized spacial score (nSPS) is 11.8. The van der Waals surface area contributed by atoms with E-state index >= 15 is 0 Å². The highest BCUT2D eigenvalue weighted by Gasteiger charge is 2.20. The van der Waals surface area contributed by atoms with Gasteiger partial charge in [0.15, 0.2) is 0 Å². The first-order valence-corrected chi connectivity index (χ1v) is 22.0. The standard InChI is InChI=1S/C62H39NO/c1-3-16-40(17-4-1)43-20-13-21-44(38-43)47-27-14-29-54-55-30-15-28-48(62(55)64-61(47)54)45-34-37-58-56(39-45)49-22-11-12-31-57(49)63(58)46-35-32-42(33-36-46)60-52-25-9-7-23-50(52)59(41-18-5-2-6-19-41)51-24-8-10-26-53(51)60/h1-39H. The van der Waals surface area contributed by atoms with E-state index < -0.39 is 0 Å². The Balaban J connectivity index is 0.928. The molecular weight excluding hydrogens is 775 g/mol. The van der Waals surface area contributed by atoms with Crippen LogP contribution in [0.15, 0.2) is 241 Å². The Kier molecular flexibility index (Phi) is 8.25. The summed E-state index contributed by atoms with van der Waals surface area (Å²) in [7, 11) is 0. The van der Waals surface area contributed by atoms with Gasteiger partial charge >= 0.3 is 0 Å². The SMILES string of the molecule is c1ccc(-c2cccc(-c3cccc4c3oc3c(-c5ccc6c(c5)c5ccccc5n6-c5ccc(-c6c7ccccc7c(-c7ccccc7)c7ccccc67)cc5)cccc34)c2)cc1. The van der Waals surface area contributed by atoms with Gasteiger partial charge in [-0.3, -0.25) is 0 Å². The highest BCUT2D eigenvalue weighted by molar-refractivity contribution is 6.21. The van der Waals surface area contributed by atoms with Gasteiger partial charge in [0, 0.05) is 38.4 Å². The van der Waals surface area contributed by atoms with Crippen molar-refractivity contribution in [2.24, 2.45) is 0 Å². The molecule has 0 amide bonds. The first-order chi connectivity index (χ1) is 31.8. The third-order valence-corrected chi connectivity index (χ3v) is 13.2. The summed E-state index contributed by atoms with van der Waals surface area (Å²) in [5.74, 6) is 0. The molecule has 0 unspecified atom stereocenters. The van der Waals surface area contributed by atoms with Crippen molar-refractivity contribution in [3.63, 3.8) is 0 Å². The summed E-state index contributed by atoms with van der Waals surface area (Å²) < 4.78 is 9.38. The average Bonchev–Trinajstić information content (AvgIpc) is 3.92.